The summed E-state index contributed by atoms with van der Waals surface area (Å²) in [6.45, 7) is 0. The number of aryl methyl sites for hydroxylation is 1. The molecule has 0 fully saturated rings. The van der Waals surface area contributed by atoms with Crippen LogP contribution in [0.1, 0.15) is 22.2 Å². The van der Waals surface area contributed by atoms with Gasteiger partial charge in [0.15, 0.2) is 6.04 Å². The highest BCUT2D eigenvalue weighted by Crippen LogP contribution is 2.31. The molecule has 1 atom stereocenters. The fourth-order valence-corrected chi connectivity index (χ4v) is 1.70. The molecule has 1 unspecified atom stereocenters. The van der Waals surface area contributed by atoms with Crippen LogP contribution in [0, 0.1) is 0 Å². The molecule has 0 saturated heterocycles. The van der Waals surface area contributed by atoms with Crippen LogP contribution in [-0.4, -0.2) is 26.8 Å². The average Bonchev–Trinajstić information content (AvgIpc) is 2.47. The van der Waals surface area contributed by atoms with Gasteiger partial charge in [-0.3, -0.25) is 14.6 Å². The molecule has 0 saturated carbocycles. The van der Waals surface area contributed by atoms with Crippen LogP contribution < -0.4 is 10.9 Å². The highest BCUT2D eigenvalue weighted by Gasteiger charge is 2.43. The third kappa shape index (κ3) is 3.48. The Morgan fingerprint density at radius 2 is 2.00 bits per heavy atom. The van der Waals surface area contributed by atoms with Gasteiger partial charge in [-0.2, -0.15) is 18.3 Å². The van der Waals surface area contributed by atoms with E-state index >= 15 is 0 Å². The molecule has 0 radical (unpaired) electrons. The first-order chi connectivity index (χ1) is 10.3. The van der Waals surface area contributed by atoms with E-state index in [2.05, 4.69) is 10.1 Å². The highest BCUT2D eigenvalue weighted by molar-refractivity contribution is 5.92. The number of carbonyl (C=O) groups excluding carboxylic acids is 1. The molecule has 0 spiro atoms. The fourth-order valence-electron chi connectivity index (χ4n) is 1.70. The Hall–Kier alpha value is -2.71. The molecule has 0 aliphatic heterocycles. The third-order valence-corrected chi connectivity index (χ3v) is 2.78. The molecule has 116 valence electrons. The van der Waals surface area contributed by atoms with E-state index in [4.69, 9.17) is 0 Å². The molecule has 1 amide bonds. The first-order valence-electron chi connectivity index (χ1n) is 6.12. The predicted octanol–water partition coefficient (Wildman–Crippen LogP) is 1.21. The van der Waals surface area contributed by atoms with Gasteiger partial charge in [0, 0.05) is 19.3 Å². The monoisotopic (exact) mass is 312 g/mol. The number of pyridine rings is 1. The highest BCUT2D eigenvalue weighted by atomic mass is 19.4. The quantitative estimate of drug-likeness (QED) is 0.924. The minimum atomic E-state index is -4.72. The molecule has 2 heterocycles. The largest absolute Gasteiger partial charge is 0.414 e. The Morgan fingerprint density at radius 3 is 2.55 bits per heavy atom. The van der Waals surface area contributed by atoms with E-state index < -0.39 is 23.7 Å². The number of aromatic nitrogens is 3. The maximum Gasteiger partial charge on any atom is 0.414 e. The molecule has 0 aliphatic rings. The van der Waals surface area contributed by atoms with Crippen LogP contribution >= 0.6 is 0 Å². The summed E-state index contributed by atoms with van der Waals surface area (Å²) in [4.78, 5) is 26.7. The van der Waals surface area contributed by atoms with E-state index in [9.17, 15) is 22.8 Å². The van der Waals surface area contributed by atoms with Gasteiger partial charge < -0.3 is 5.32 Å². The molecule has 0 aromatic carbocycles. The van der Waals surface area contributed by atoms with Gasteiger partial charge in [0.2, 0.25) is 0 Å². The van der Waals surface area contributed by atoms with Crippen molar-refractivity contribution in [3.05, 3.63) is 58.3 Å². The first kappa shape index (κ1) is 15.7. The van der Waals surface area contributed by atoms with Crippen LogP contribution in [0.25, 0.3) is 0 Å². The van der Waals surface area contributed by atoms with Crippen molar-refractivity contribution in [2.45, 2.75) is 12.2 Å². The molecule has 1 N–H and O–H groups in total. The lowest BCUT2D eigenvalue weighted by atomic mass is 10.1. The molecule has 2 aromatic heterocycles. The Balaban J connectivity index is 2.29. The van der Waals surface area contributed by atoms with Gasteiger partial charge in [0.25, 0.3) is 11.5 Å². The first-order valence-corrected chi connectivity index (χ1v) is 6.12. The van der Waals surface area contributed by atoms with Crippen molar-refractivity contribution in [2.75, 3.05) is 0 Å². The van der Waals surface area contributed by atoms with Crippen molar-refractivity contribution in [3.8, 4) is 0 Å². The van der Waals surface area contributed by atoms with E-state index in [0.717, 1.165) is 22.9 Å². The minimum Gasteiger partial charge on any atom is -0.334 e. The van der Waals surface area contributed by atoms with E-state index in [1.165, 1.54) is 25.4 Å². The topological polar surface area (TPSA) is 76.9 Å². The second-order valence-corrected chi connectivity index (χ2v) is 4.38. The number of alkyl halides is 3. The van der Waals surface area contributed by atoms with Gasteiger partial charge in [0.1, 0.15) is 5.69 Å². The number of rotatable bonds is 3. The lowest BCUT2D eigenvalue weighted by molar-refractivity contribution is -0.156. The van der Waals surface area contributed by atoms with Crippen molar-refractivity contribution >= 4 is 5.91 Å². The molecule has 9 heteroatoms. The van der Waals surface area contributed by atoms with Crippen molar-refractivity contribution in [2.24, 2.45) is 7.05 Å². The molecule has 6 nitrogen and oxygen atoms in total. The third-order valence-electron chi connectivity index (χ3n) is 2.78. The van der Waals surface area contributed by atoms with Crippen LogP contribution in [-0.2, 0) is 7.05 Å². The van der Waals surface area contributed by atoms with Crippen LogP contribution in [0.4, 0.5) is 13.2 Å². The minimum absolute atomic E-state index is 0.299. The Labute approximate surface area is 122 Å². The summed E-state index contributed by atoms with van der Waals surface area (Å²) >= 11 is 0. The number of carbonyl (C=O) groups is 1. The molecule has 2 aromatic rings. The summed E-state index contributed by atoms with van der Waals surface area (Å²) in [6.07, 6.45) is -3.52. The second-order valence-electron chi connectivity index (χ2n) is 4.38. The summed E-state index contributed by atoms with van der Waals surface area (Å²) in [5, 5.41) is 5.44. The van der Waals surface area contributed by atoms with E-state index in [1.54, 1.807) is 0 Å². The summed E-state index contributed by atoms with van der Waals surface area (Å²) < 4.78 is 40.1. The summed E-state index contributed by atoms with van der Waals surface area (Å²) in [6, 6.07) is 3.85. The number of halogens is 3. The normalized spacial score (nSPS) is 12.7. The fraction of sp³-hybridized carbons (Fsp3) is 0.231. The number of hydrogen-bond acceptors (Lipinski definition) is 4. The lowest BCUT2D eigenvalue weighted by Gasteiger charge is -2.20. The van der Waals surface area contributed by atoms with Gasteiger partial charge in [-0.1, -0.05) is 6.07 Å². The van der Waals surface area contributed by atoms with Crippen molar-refractivity contribution in [1.82, 2.24) is 20.1 Å². The van der Waals surface area contributed by atoms with Crippen LogP contribution in [0.2, 0.25) is 0 Å². The maximum atomic E-state index is 13.1. The Morgan fingerprint density at radius 1 is 1.27 bits per heavy atom. The lowest BCUT2D eigenvalue weighted by Crippen LogP contribution is -2.39. The second kappa shape index (κ2) is 5.96. The zero-order valence-electron chi connectivity index (χ0n) is 11.3. The molecule has 0 aliphatic carbocycles. The molecule has 2 rings (SSSR count). The van der Waals surface area contributed by atoms with Crippen LogP contribution in [0.3, 0.4) is 0 Å². The van der Waals surface area contributed by atoms with Gasteiger partial charge in [0.05, 0.1) is 5.69 Å². The zero-order valence-corrected chi connectivity index (χ0v) is 11.3. The molecule has 22 heavy (non-hydrogen) atoms. The molecular weight excluding hydrogens is 301 g/mol. The average molecular weight is 312 g/mol. The summed E-state index contributed by atoms with van der Waals surface area (Å²) in [5.41, 5.74) is -1.12. The predicted molar refractivity (Wildman–Crippen MR) is 70.0 cm³/mol. The number of amides is 1. The van der Waals surface area contributed by atoms with Gasteiger partial charge >= 0.3 is 6.18 Å². The maximum absolute atomic E-state index is 13.1. The van der Waals surface area contributed by atoms with Crippen molar-refractivity contribution in [1.29, 1.82) is 0 Å². The van der Waals surface area contributed by atoms with E-state index in [-0.39, 0.29) is 11.4 Å². The van der Waals surface area contributed by atoms with Gasteiger partial charge in [-0.25, -0.2) is 4.68 Å². The summed E-state index contributed by atoms with van der Waals surface area (Å²) in [7, 11) is 1.29. The Bertz CT molecular complexity index is 728. The van der Waals surface area contributed by atoms with Gasteiger partial charge in [-0.05, 0) is 18.2 Å². The summed E-state index contributed by atoms with van der Waals surface area (Å²) in [5.74, 6) is -1.05. The van der Waals surface area contributed by atoms with Gasteiger partial charge in [-0.15, -0.1) is 0 Å². The van der Waals surface area contributed by atoms with E-state index in [1.807, 2.05) is 5.32 Å². The number of hydrogen-bond donors (Lipinski definition) is 1. The Kier molecular flexibility index (Phi) is 4.25. The van der Waals surface area contributed by atoms with Crippen molar-refractivity contribution < 1.29 is 18.0 Å². The number of nitrogens with zero attached hydrogens (tertiary/aromatic N) is 3. The number of nitrogens with one attached hydrogen (secondary N) is 1. The van der Waals surface area contributed by atoms with Crippen molar-refractivity contribution in [3.63, 3.8) is 0 Å². The van der Waals surface area contributed by atoms with Crippen LogP contribution in [0.5, 0.6) is 0 Å². The standard InChI is InChI=1S/C13H11F3N4O2/c1-20-10(21)6-5-9(19-20)12(22)18-11(13(14,15)16)8-4-2-3-7-17-8/h2-7,11H,1H3,(H,18,22). The molecular formula is C13H11F3N4O2. The smallest absolute Gasteiger partial charge is 0.334 e. The van der Waals surface area contributed by atoms with E-state index in [0.29, 0.717) is 0 Å². The zero-order chi connectivity index (χ0) is 16.3. The SMILES string of the molecule is Cn1nc(C(=O)NC(c2ccccn2)C(F)(F)F)ccc1=O. The van der Waals surface area contributed by atoms with Crippen LogP contribution in [0.15, 0.2) is 41.3 Å². The molecule has 0 bridgehead atoms.